The SMILES string of the molecule is COc1cc2c(cc1OC)[C@@H](c1c(F)cccc1Cl)N(C(=O)[C@@H](OC(C)=O)c1ccccc1)CC2. The van der Waals surface area contributed by atoms with Crippen LogP contribution in [0.25, 0.3) is 0 Å². The molecule has 3 aromatic carbocycles. The maximum atomic E-state index is 15.3. The maximum absolute atomic E-state index is 15.3. The van der Waals surface area contributed by atoms with E-state index in [4.69, 9.17) is 25.8 Å². The number of carbonyl (C=O) groups is 2. The molecule has 3 aromatic rings. The lowest BCUT2D eigenvalue weighted by atomic mass is 9.86. The molecule has 0 bridgehead atoms. The van der Waals surface area contributed by atoms with Crippen molar-refractivity contribution in [2.75, 3.05) is 20.8 Å². The number of nitrogens with zero attached hydrogens (tertiary/aromatic N) is 1. The van der Waals surface area contributed by atoms with Crippen molar-refractivity contribution in [1.82, 2.24) is 4.90 Å². The Hall–Kier alpha value is -3.58. The second kappa shape index (κ2) is 10.4. The van der Waals surface area contributed by atoms with Crippen LogP contribution in [0.5, 0.6) is 11.5 Å². The second-order valence-electron chi connectivity index (χ2n) is 8.13. The van der Waals surface area contributed by atoms with Crippen molar-refractivity contribution in [3.63, 3.8) is 0 Å². The number of hydrogen-bond acceptors (Lipinski definition) is 5. The predicted octanol–water partition coefficient (Wildman–Crippen LogP) is 5.27. The average molecular weight is 498 g/mol. The summed E-state index contributed by atoms with van der Waals surface area (Å²) in [6, 6.07) is 15.8. The van der Waals surface area contributed by atoms with Crippen molar-refractivity contribution in [2.24, 2.45) is 0 Å². The van der Waals surface area contributed by atoms with Gasteiger partial charge in [-0.25, -0.2) is 4.39 Å². The molecule has 1 heterocycles. The summed E-state index contributed by atoms with van der Waals surface area (Å²) in [6.45, 7) is 1.50. The molecule has 0 spiro atoms. The number of amides is 1. The maximum Gasteiger partial charge on any atom is 0.303 e. The lowest BCUT2D eigenvalue weighted by Gasteiger charge is -2.40. The molecule has 2 atom stereocenters. The highest BCUT2D eigenvalue weighted by atomic mass is 35.5. The van der Waals surface area contributed by atoms with Gasteiger partial charge in [0.1, 0.15) is 5.82 Å². The van der Waals surface area contributed by atoms with Crippen molar-refractivity contribution in [3.05, 3.63) is 93.8 Å². The summed E-state index contributed by atoms with van der Waals surface area (Å²) in [6.07, 6.45) is -0.713. The lowest BCUT2D eigenvalue weighted by molar-refractivity contribution is -0.160. The van der Waals surface area contributed by atoms with Gasteiger partial charge in [-0.15, -0.1) is 0 Å². The predicted molar refractivity (Wildman–Crippen MR) is 129 cm³/mol. The molecule has 8 heteroatoms. The molecule has 0 unspecified atom stereocenters. The molecular formula is C27H25ClFNO5. The van der Waals surface area contributed by atoms with Gasteiger partial charge in [0.05, 0.1) is 20.3 Å². The summed E-state index contributed by atoms with van der Waals surface area (Å²) in [7, 11) is 3.05. The molecule has 0 aromatic heterocycles. The van der Waals surface area contributed by atoms with Crippen LogP contribution in [0, 0.1) is 5.82 Å². The number of carbonyl (C=O) groups excluding carboxylic acids is 2. The van der Waals surface area contributed by atoms with E-state index in [1.165, 1.54) is 38.2 Å². The zero-order chi connectivity index (χ0) is 25.1. The number of halogens is 2. The fourth-order valence-corrected chi connectivity index (χ4v) is 4.74. The Bertz CT molecular complexity index is 1230. The van der Waals surface area contributed by atoms with Gasteiger partial charge in [-0.3, -0.25) is 9.59 Å². The standard InChI is InChI=1S/C27H25ClFNO5/c1-16(31)35-26(17-8-5-4-6-9-17)27(32)30-13-12-18-14-22(33-2)23(34-3)15-19(18)25(30)24-20(28)10-7-11-21(24)29/h4-11,14-15,25-26H,12-13H2,1-3H3/t25-,26-/m0/s1. The largest absolute Gasteiger partial charge is 0.493 e. The van der Waals surface area contributed by atoms with Crippen LogP contribution in [0.4, 0.5) is 4.39 Å². The fourth-order valence-electron chi connectivity index (χ4n) is 4.47. The lowest BCUT2D eigenvalue weighted by Crippen LogP contribution is -2.44. The zero-order valence-corrected chi connectivity index (χ0v) is 20.3. The van der Waals surface area contributed by atoms with Crippen molar-refractivity contribution in [3.8, 4) is 11.5 Å². The highest BCUT2D eigenvalue weighted by Crippen LogP contribution is 2.44. The number of benzene rings is 3. The van der Waals surface area contributed by atoms with E-state index in [2.05, 4.69) is 0 Å². The van der Waals surface area contributed by atoms with Gasteiger partial charge in [0.25, 0.3) is 5.91 Å². The minimum absolute atomic E-state index is 0.158. The van der Waals surface area contributed by atoms with E-state index in [9.17, 15) is 9.59 Å². The Morgan fingerprint density at radius 3 is 2.34 bits per heavy atom. The van der Waals surface area contributed by atoms with Gasteiger partial charge in [-0.2, -0.15) is 0 Å². The summed E-state index contributed by atoms with van der Waals surface area (Å²) < 4.78 is 31.7. The van der Waals surface area contributed by atoms with Gasteiger partial charge in [0.2, 0.25) is 6.10 Å². The second-order valence-corrected chi connectivity index (χ2v) is 8.53. The Labute approximate surface area is 208 Å². The van der Waals surface area contributed by atoms with Crippen LogP contribution in [0.3, 0.4) is 0 Å². The smallest absolute Gasteiger partial charge is 0.303 e. The van der Waals surface area contributed by atoms with Gasteiger partial charge in [0, 0.05) is 29.6 Å². The van der Waals surface area contributed by atoms with Crippen LogP contribution in [0.2, 0.25) is 5.02 Å². The number of methoxy groups -OCH3 is 2. The minimum Gasteiger partial charge on any atom is -0.493 e. The quantitative estimate of drug-likeness (QED) is 0.434. The normalized spacial score (nSPS) is 15.7. The van der Waals surface area contributed by atoms with Crippen molar-refractivity contribution >= 4 is 23.5 Å². The minimum atomic E-state index is -1.19. The first kappa shape index (κ1) is 24.5. The van der Waals surface area contributed by atoms with Crippen LogP contribution in [-0.2, 0) is 20.7 Å². The van der Waals surface area contributed by atoms with Gasteiger partial charge < -0.3 is 19.1 Å². The molecule has 1 aliphatic rings. The monoisotopic (exact) mass is 497 g/mol. The Balaban J connectivity index is 1.89. The highest BCUT2D eigenvalue weighted by molar-refractivity contribution is 6.31. The highest BCUT2D eigenvalue weighted by Gasteiger charge is 2.40. The first-order chi connectivity index (χ1) is 16.8. The average Bonchev–Trinajstić information content (AvgIpc) is 2.86. The number of fused-ring (bicyclic) bond motifs is 1. The number of rotatable bonds is 6. The van der Waals surface area contributed by atoms with Crippen LogP contribution in [0.15, 0.2) is 60.7 Å². The van der Waals surface area contributed by atoms with Gasteiger partial charge in [0.15, 0.2) is 11.5 Å². The zero-order valence-electron chi connectivity index (χ0n) is 19.6. The molecule has 0 saturated heterocycles. The summed E-state index contributed by atoms with van der Waals surface area (Å²) in [5, 5.41) is 0.180. The number of ether oxygens (including phenoxy) is 3. The van der Waals surface area contributed by atoms with E-state index in [1.54, 1.807) is 42.5 Å². The molecule has 4 rings (SSSR count). The summed E-state index contributed by atoms with van der Waals surface area (Å²) in [4.78, 5) is 27.4. The van der Waals surface area contributed by atoms with E-state index in [-0.39, 0.29) is 17.1 Å². The van der Waals surface area contributed by atoms with E-state index in [0.29, 0.717) is 29.0 Å². The van der Waals surface area contributed by atoms with E-state index >= 15 is 4.39 Å². The first-order valence-corrected chi connectivity index (χ1v) is 11.4. The molecule has 182 valence electrons. The summed E-state index contributed by atoms with van der Waals surface area (Å²) in [5.41, 5.74) is 2.21. The van der Waals surface area contributed by atoms with E-state index in [1.807, 2.05) is 6.07 Å². The van der Waals surface area contributed by atoms with Crippen molar-refractivity contribution < 1.29 is 28.2 Å². The first-order valence-electron chi connectivity index (χ1n) is 11.1. The van der Waals surface area contributed by atoms with E-state index < -0.39 is 29.8 Å². The molecule has 0 saturated carbocycles. The molecule has 0 aliphatic carbocycles. The molecule has 6 nitrogen and oxygen atoms in total. The number of esters is 1. The van der Waals surface area contributed by atoms with Gasteiger partial charge >= 0.3 is 5.97 Å². The molecule has 1 aliphatic heterocycles. The van der Waals surface area contributed by atoms with Crippen LogP contribution < -0.4 is 9.47 Å². The van der Waals surface area contributed by atoms with Crippen LogP contribution in [-0.4, -0.2) is 37.5 Å². The van der Waals surface area contributed by atoms with Gasteiger partial charge in [-0.05, 0) is 41.8 Å². The molecule has 0 radical (unpaired) electrons. The van der Waals surface area contributed by atoms with Crippen LogP contribution in [0.1, 0.15) is 41.3 Å². The van der Waals surface area contributed by atoms with Crippen molar-refractivity contribution in [1.29, 1.82) is 0 Å². The molecule has 0 N–H and O–H groups in total. The summed E-state index contributed by atoms with van der Waals surface area (Å²) >= 11 is 6.49. The van der Waals surface area contributed by atoms with Gasteiger partial charge in [-0.1, -0.05) is 48.0 Å². The molecule has 0 fully saturated rings. The third kappa shape index (κ3) is 4.82. The Morgan fingerprint density at radius 1 is 1.03 bits per heavy atom. The molecular weight excluding hydrogens is 473 g/mol. The Kier molecular flexibility index (Phi) is 7.26. The number of hydrogen-bond donors (Lipinski definition) is 0. The van der Waals surface area contributed by atoms with Crippen molar-refractivity contribution in [2.45, 2.75) is 25.5 Å². The van der Waals surface area contributed by atoms with Crippen LogP contribution >= 0.6 is 11.6 Å². The molecule has 35 heavy (non-hydrogen) atoms. The third-order valence-corrected chi connectivity index (χ3v) is 6.37. The topological polar surface area (TPSA) is 65.1 Å². The van der Waals surface area contributed by atoms with E-state index in [0.717, 1.165) is 5.56 Å². The third-order valence-electron chi connectivity index (χ3n) is 6.04. The fraction of sp³-hybridized carbons (Fsp3) is 0.259. The summed E-state index contributed by atoms with van der Waals surface area (Å²) in [5.74, 6) is -0.650. The Morgan fingerprint density at radius 2 is 1.71 bits per heavy atom. The molecule has 1 amide bonds.